The van der Waals surface area contributed by atoms with Crippen molar-refractivity contribution in [3.05, 3.63) is 36.3 Å². The minimum atomic E-state index is 0.0909. The summed E-state index contributed by atoms with van der Waals surface area (Å²) in [6, 6.07) is 3.92. The van der Waals surface area contributed by atoms with Gasteiger partial charge in [0.05, 0.1) is 12.4 Å². The summed E-state index contributed by atoms with van der Waals surface area (Å²) >= 11 is 0. The third-order valence-corrected chi connectivity index (χ3v) is 2.53. The van der Waals surface area contributed by atoms with E-state index in [9.17, 15) is 0 Å². The van der Waals surface area contributed by atoms with Gasteiger partial charge in [-0.1, -0.05) is 0 Å². The molecule has 0 unspecified atom stereocenters. The van der Waals surface area contributed by atoms with Crippen LogP contribution < -0.4 is 10.1 Å². The van der Waals surface area contributed by atoms with Crippen LogP contribution in [0.5, 0.6) is 11.6 Å². The van der Waals surface area contributed by atoms with Crippen LogP contribution in [0, 0.1) is 0 Å². The average molecular weight is 260 g/mol. The van der Waals surface area contributed by atoms with Crippen LogP contribution in [0.4, 0.5) is 0 Å². The molecule has 1 N–H and O–H groups in total. The highest BCUT2D eigenvalue weighted by Gasteiger charge is 2.09. The van der Waals surface area contributed by atoms with E-state index >= 15 is 0 Å². The number of hydrogen-bond acceptors (Lipinski definition) is 4. The Hall–Kier alpha value is -1.88. The van der Waals surface area contributed by atoms with Crippen LogP contribution in [0.15, 0.2) is 30.7 Å². The zero-order valence-electron chi connectivity index (χ0n) is 11.8. The molecule has 102 valence electrons. The van der Waals surface area contributed by atoms with Gasteiger partial charge < -0.3 is 10.1 Å². The lowest BCUT2D eigenvalue weighted by molar-refractivity contribution is 0.421. The summed E-state index contributed by atoms with van der Waals surface area (Å²) in [5.41, 5.74) is 1.23. The summed E-state index contributed by atoms with van der Waals surface area (Å²) in [5, 5.41) is 7.49. The molecular formula is C14H20N4O. The van der Waals surface area contributed by atoms with E-state index in [2.05, 4.69) is 36.2 Å². The fraction of sp³-hybridized carbons (Fsp3) is 0.429. The molecule has 0 aromatic carbocycles. The Morgan fingerprint density at radius 1 is 1.37 bits per heavy atom. The number of ether oxygens (including phenoxy) is 1. The van der Waals surface area contributed by atoms with E-state index in [1.807, 2.05) is 25.4 Å². The highest BCUT2D eigenvalue weighted by atomic mass is 16.5. The standard InChI is InChI=1S/C14H20N4O/c1-14(2,3)16-8-11-5-6-15-13(7-11)19-12-9-17-18(4)10-12/h5-7,9-10,16H,8H2,1-4H3. The van der Waals surface area contributed by atoms with Crippen molar-refractivity contribution in [2.75, 3.05) is 0 Å². The number of aromatic nitrogens is 3. The molecule has 5 nitrogen and oxygen atoms in total. The summed E-state index contributed by atoms with van der Waals surface area (Å²) < 4.78 is 7.34. The summed E-state index contributed by atoms with van der Waals surface area (Å²) in [7, 11) is 1.85. The fourth-order valence-corrected chi connectivity index (χ4v) is 1.56. The van der Waals surface area contributed by atoms with E-state index in [0.717, 1.165) is 12.1 Å². The Kier molecular flexibility index (Phi) is 3.85. The predicted molar refractivity (Wildman–Crippen MR) is 74.1 cm³/mol. The lowest BCUT2D eigenvalue weighted by atomic mass is 10.1. The summed E-state index contributed by atoms with van der Waals surface area (Å²) in [4.78, 5) is 4.20. The minimum Gasteiger partial charge on any atom is -0.436 e. The van der Waals surface area contributed by atoms with Crippen LogP contribution >= 0.6 is 0 Å². The molecule has 0 bridgehead atoms. The highest BCUT2D eigenvalue weighted by Crippen LogP contribution is 2.19. The molecule has 19 heavy (non-hydrogen) atoms. The number of nitrogens with one attached hydrogen (secondary N) is 1. The molecule has 0 radical (unpaired) electrons. The first-order valence-corrected chi connectivity index (χ1v) is 6.29. The van der Waals surface area contributed by atoms with Crippen molar-refractivity contribution in [3.8, 4) is 11.6 Å². The van der Waals surface area contributed by atoms with E-state index in [-0.39, 0.29) is 5.54 Å². The van der Waals surface area contributed by atoms with Gasteiger partial charge in [-0.05, 0) is 32.4 Å². The fourth-order valence-electron chi connectivity index (χ4n) is 1.56. The predicted octanol–water partition coefficient (Wildman–Crippen LogP) is 2.50. The molecule has 5 heteroatoms. The molecular weight excluding hydrogens is 240 g/mol. The van der Waals surface area contributed by atoms with Gasteiger partial charge in [-0.3, -0.25) is 4.68 Å². The molecule has 0 saturated heterocycles. The molecule has 2 rings (SSSR count). The quantitative estimate of drug-likeness (QED) is 0.917. The molecule has 0 atom stereocenters. The molecule has 0 fully saturated rings. The number of aryl methyl sites for hydroxylation is 1. The lowest BCUT2D eigenvalue weighted by Crippen LogP contribution is -2.35. The van der Waals surface area contributed by atoms with Gasteiger partial charge in [0.25, 0.3) is 0 Å². The zero-order chi connectivity index (χ0) is 13.9. The van der Waals surface area contributed by atoms with Gasteiger partial charge >= 0.3 is 0 Å². The van der Waals surface area contributed by atoms with Crippen molar-refractivity contribution < 1.29 is 4.74 Å². The average Bonchev–Trinajstić information content (AvgIpc) is 2.72. The normalized spacial score (nSPS) is 11.6. The Bertz CT molecular complexity index is 542. The monoisotopic (exact) mass is 260 g/mol. The largest absolute Gasteiger partial charge is 0.436 e. The molecule has 0 amide bonds. The van der Waals surface area contributed by atoms with Crippen LogP contribution in [0.25, 0.3) is 0 Å². The molecule has 2 heterocycles. The maximum atomic E-state index is 5.65. The Morgan fingerprint density at radius 2 is 2.16 bits per heavy atom. The van der Waals surface area contributed by atoms with E-state index in [0.29, 0.717) is 11.6 Å². The van der Waals surface area contributed by atoms with E-state index in [1.54, 1.807) is 17.1 Å². The van der Waals surface area contributed by atoms with Crippen LogP contribution in [-0.2, 0) is 13.6 Å². The maximum Gasteiger partial charge on any atom is 0.219 e. The van der Waals surface area contributed by atoms with Gasteiger partial charge in [0, 0.05) is 31.4 Å². The summed E-state index contributed by atoms with van der Waals surface area (Å²) in [6.07, 6.45) is 5.23. The topological polar surface area (TPSA) is 52.0 Å². The highest BCUT2D eigenvalue weighted by molar-refractivity contribution is 5.25. The van der Waals surface area contributed by atoms with Gasteiger partial charge in [-0.2, -0.15) is 5.10 Å². The first kappa shape index (κ1) is 13.5. The van der Waals surface area contributed by atoms with Crippen molar-refractivity contribution in [1.29, 1.82) is 0 Å². The van der Waals surface area contributed by atoms with Crippen molar-refractivity contribution >= 4 is 0 Å². The van der Waals surface area contributed by atoms with Gasteiger partial charge in [0.1, 0.15) is 0 Å². The van der Waals surface area contributed by atoms with Gasteiger partial charge in [-0.15, -0.1) is 0 Å². The van der Waals surface area contributed by atoms with Crippen LogP contribution in [-0.4, -0.2) is 20.3 Å². The Labute approximate surface area is 113 Å². The summed E-state index contributed by atoms with van der Waals surface area (Å²) in [6.45, 7) is 7.21. The Balaban J connectivity index is 2.02. The lowest BCUT2D eigenvalue weighted by Gasteiger charge is -2.20. The molecule has 0 saturated carbocycles. The van der Waals surface area contributed by atoms with Gasteiger partial charge in [0.2, 0.25) is 5.88 Å². The van der Waals surface area contributed by atoms with E-state index < -0.39 is 0 Å². The first-order valence-electron chi connectivity index (χ1n) is 6.29. The second-order valence-electron chi connectivity index (χ2n) is 5.56. The molecule has 2 aromatic heterocycles. The Morgan fingerprint density at radius 3 is 2.79 bits per heavy atom. The van der Waals surface area contributed by atoms with E-state index in [4.69, 9.17) is 4.74 Å². The molecule has 0 aliphatic heterocycles. The first-order chi connectivity index (χ1) is 8.92. The number of hydrogen-bond donors (Lipinski definition) is 1. The smallest absolute Gasteiger partial charge is 0.219 e. The zero-order valence-corrected chi connectivity index (χ0v) is 11.8. The van der Waals surface area contributed by atoms with Crippen LogP contribution in [0.2, 0.25) is 0 Å². The second kappa shape index (κ2) is 5.40. The summed E-state index contributed by atoms with van der Waals surface area (Å²) in [5.74, 6) is 1.28. The molecule has 0 aliphatic rings. The van der Waals surface area contributed by atoms with Crippen molar-refractivity contribution in [1.82, 2.24) is 20.1 Å². The van der Waals surface area contributed by atoms with Gasteiger partial charge in [0.15, 0.2) is 5.75 Å². The third kappa shape index (κ3) is 4.37. The second-order valence-corrected chi connectivity index (χ2v) is 5.56. The molecule has 0 aliphatic carbocycles. The SMILES string of the molecule is Cn1cc(Oc2cc(CNC(C)(C)C)ccn2)cn1. The number of rotatable bonds is 4. The molecule has 2 aromatic rings. The molecule has 0 spiro atoms. The van der Waals surface area contributed by atoms with Crippen molar-refractivity contribution in [2.24, 2.45) is 7.05 Å². The van der Waals surface area contributed by atoms with E-state index in [1.165, 1.54) is 0 Å². The van der Waals surface area contributed by atoms with Crippen molar-refractivity contribution in [3.63, 3.8) is 0 Å². The third-order valence-electron chi connectivity index (χ3n) is 2.53. The number of pyridine rings is 1. The van der Waals surface area contributed by atoms with Gasteiger partial charge in [-0.25, -0.2) is 4.98 Å². The van der Waals surface area contributed by atoms with Crippen LogP contribution in [0.3, 0.4) is 0 Å². The maximum absolute atomic E-state index is 5.65. The minimum absolute atomic E-state index is 0.0909. The van der Waals surface area contributed by atoms with Crippen LogP contribution in [0.1, 0.15) is 26.3 Å². The van der Waals surface area contributed by atoms with Crippen molar-refractivity contribution in [2.45, 2.75) is 32.9 Å². The number of nitrogens with zero attached hydrogens (tertiary/aromatic N) is 3.